The lowest BCUT2D eigenvalue weighted by Crippen LogP contribution is -2.30. The maximum Gasteiger partial charge on any atom is 0.0583 e. The van der Waals surface area contributed by atoms with Gasteiger partial charge in [-0.05, 0) is 55.0 Å². The van der Waals surface area contributed by atoms with E-state index in [1.807, 2.05) is 18.2 Å². The van der Waals surface area contributed by atoms with E-state index in [-0.39, 0.29) is 6.04 Å². The molecule has 0 aromatic heterocycles. The summed E-state index contributed by atoms with van der Waals surface area (Å²) >= 11 is 13.0. The van der Waals surface area contributed by atoms with E-state index in [1.165, 1.54) is 22.4 Å². The van der Waals surface area contributed by atoms with Gasteiger partial charge in [-0.2, -0.15) is 0 Å². The molecule has 1 heterocycles. The number of aryl methyl sites for hydroxylation is 2. The van der Waals surface area contributed by atoms with E-state index in [2.05, 4.69) is 43.4 Å². The SMILES string of the molecule is Cc1ccc(C)c2c1NC(c1c(Cl)cccc1Cl)C1CC=CC21. The van der Waals surface area contributed by atoms with Gasteiger partial charge < -0.3 is 5.32 Å². The predicted octanol–water partition coefficient (Wildman–Crippen LogP) is 6.44. The van der Waals surface area contributed by atoms with Crippen LogP contribution in [0.1, 0.15) is 40.6 Å². The van der Waals surface area contributed by atoms with Crippen molar-refractivity contribution in [3.8, 4) is 0 Å². The molecule has 0 fully saturated rings. The van der Waals surface area contributed by atoms with Gasteiger partial charge in [0.05, 0.1) is 6.04 Å². The van der Waals surface area contributed by atoms with Gasteiger partial charge in [-0.3, -0.25) is 0 Å². The van der Waals surface area contributed by atoms with Gasteiger partial charge >= 0.3 is 0 Å². The van der Waals surface area contributed by atoms with E-state index in [4.69, 9.17) is 23.2 Å². The average Bonchev–Trinajstić information content (AvgIpc) is 3.00. The van der Waals surface area contributed by atoms with Crippen molar-refractivity contribution in [3.05, 3.63) is 74.8 Å². The second-order valence-corrected chi connectivity index (χ2v) is 7.41. The Kier molecular flexibility index (Phi) is 3.66. The molecule has 3 unspecified atom stereocenters. The Morgan fingerprint density at radius 2 is 1.65 bits per heavy atom. The first-order valence-corrected chi connectivity index (χ1v) is 8.80. The fourth-order valence-corrected chi connectivity index (χ4v) is 4.77. The topological polar surface area (TPSA) is 12.0 Å². The van der Waals surface area contributed by atoms with Gasteiger partial charge in [0.1, 0.15) is 0 Å². The number of nitrogens with one attached hydrogen (secondary N) is 1. The lowest BCUT2D eigenvalue weighted by molar-refractivity contribution is 0.424. The summed E-state index contributed by atoms with van der Waals surface area (Å²) in [6.07, 6.45) is 5.71. The number of hydrogen-bond acceptors (Lipinski definition) is 1. The normalized spacial score (nSPS) is 25.0. The first-order chi connectivity index (χ1) is 11.1. The van der Waals surface area contributed by atoms with Gasteiger partial charge in [-0.25, -0.2) is 0 Å². The van der Waals surface area contributed by atoms with Crippen molar-refractivity contribution >= 4 is 28.9 Å². The Bertz CT molecular complexity index is 789. The third-order valence-electron chi connectivity index (χ3n) is 5.26. The van der Waals surface area contributed by atoms with Gasteiger partial charge in [0.25, 0.3) is 0 Å². The lowest BCUT2D eigenvalue weighted by Gasteiger charge is -2.39. The Balaban J connectivity index is 1.90. The van der Waals surface area contributed by atoms with E-state index in [0.29, 0.717) is 11.8 Å². The molecule has 0 amide bonds. The Morgan fingerprint density at radius 1 is 0.957 bits per heavy atom. The van der Waals surface area contributed by atoms with Crippen LogP contribution in [0, 0.1) is 19.8 Å². The van der Waals surface area contributed by atoms with Gasteiger partial charge in [-0.15, -0.1) is 0 Å². The predicted molar refractivity (Wildman–Crippen MR) is 98.7 cm³/mol. The molecule has 0 bridgehead atoms. The molecule has 1 aliphatic carbocycles. The zero-order chi connectivity index (χ0) is 16.1. The van der Waals surface area contributed by atoms with Crippen molar-refractivity contribution in [2.24, 2.45) is 5.92 Å². The van der Waals surface area contributed by atoms with Crippen molar-refractivity contribution in [2.45, 2.75) is 32.2 Å². The fraction of sp³-hybridized carbons (Fsp3) is 0.300. The number of halogens is 2. The average molecular weight is 344 g/mol. The van der Waals surface area contributed by atoms with E-state index < -0.39 is 0 Å². The first-order valence-electron chi connectivity index (χ1n) is 8.05. The quantitative estimate of drug-likeness (QED) is 0.587. The highest BCUT2D eigenvalue weighted by Gasteiger charge is 2.40. The van der Waals surface area contributed by atoms with Crippen LogP contribution in [0.2, 0.25) is 10.0 Å². The Morgan fingerprint density at radius 3 is 2.39 bits per heavy atom. The van der Waals surface area contributed by atoms with Crippen LogP contribution in [-0.4, -0.2) is 0 Å². The standard InChI is InChI=1S/C20H19Cl2N/c1-11-9-10-12(2)19-17(11)13-5-3-6-14(13)20(23-19)18-15(21)7-4-8-16(18)22/h3-5,7-10,13-14,20,23H,6H2,1-2H3. The summed E-state index contributed by atoms with van der Waals surface area (Å²) in [5.41, 5.74) is 6.34. The number of hydrogen-bond donors (Lipinski definition) is 1. The molecule has 2 aromatic rings. The molecule has 0 saturated heterocycles. The summed E-state index contributed by atoms with van der Waals surface area (Å²) in [6, 6.07) is 10.3. The van der Waals surface area contributed by atoms with Crippen LogP contribution in [0.15, 0.2) is 42.5 Å². The van der Waals surface area contributed by atoms with Crippen LogP contribution in [0.5, 0.6) is 0 Å². The van der Waals surface area contributed by atoms with Gasteiger partial charge in [-0.1, -0.05) is 53.6 Å². The maximum absolute atomic E-state index is 6.51. The van der Waals surface area contributed by atoms with Gasteiger partial charge in [0, 0.05) is 27.2 Å². The molecule has 118 valence electrons. The molecule has 3 heteroatoms. The molecule has 0 spiro atoms. The minimum absolute atomic E-state index is 0.143. The van der Waals surface area contributed by atoms with Crippen molar-refractivity contribution in [3.63, 3.8) is 0 Å². The van der Waals surface area contributed by atoms with Crippen LogP contribution < -0.4 is 5.32 Å². The van der Waals surface area contributed by atoms with Crippen LogP contribution >= 0.6 is 23.2 Å². The number of rotatable bonds is 1. The summed E-state index contributed by atoms with van der Waals surface area (Å²) in [4.78, 5) is 0. The highest BCUT2D eigenvalue weighted by molar-refractivity contribution is 6.36. The minimum atomic E-state index is 0.143. The number of anilines is 1. The molecular weight excluding hydrogens is 325 g/mol. The molecule has 2 aliphatic rings. The highest BCUT2D eigenvalue weighted by atomic mass is 35.5. The summed E-state index contributed by atoms with van der Waals surface area (Å²) in [5, 5.41) is 5.26. The zero-order valence-corrected chi connectivity index (χ0v) is 14.7. The number of benzene rings is 2. The van der Waals surface area contributed by atoms with E-state index in [9.17, 15) is 0 Å². The van der Waals surface area contributed by atoms with Crippen LogP contribution in [0.3, 0.4) is 0 Å². The zero-order valence-electron chi connectivity index (χ0n) is 13.2. The fourth-order valence-electron chi connectivity index (χ4n) is 4.14. The largest absolute Gasteiger partial charge is 0.377 e. The molecule has 4 rings (SSSR count). The van der Waals surface area contributed by atoms with E-state index in [0.717, 1.165) is 22.0 Å². The van der Waals surface area contributed by atoms with Crippen molar-refractivity contribution < 1.29 is 0 Å². The van der Waals surface area contributed by atoms with E-state index >= 15 is 0 Å². The maximum atomic E-state index is 6.51. The second-order valence-electron chi connectivity index (χ2n) is 6.60. The smallest absolute Gasteiger partial charge is 0.0583 e. The van der Waals surface area contributed by atoms with Gasteiger partial charge in [0.15, 0.2) is 0 Å². The van der Waals surface area contributed by atoms with Gasteiger partial charge in [0.2, 0.25) is 0 Å². The Hall–Kier alpha value is -1.44. The molecule has 1 aliphatic heterocycles. The Labute approximate surface area is 147 Å². The molecule has 2 aromatic carbocycles. The molecule has 0 saturated carbocycles. The van der Waals surface area contributed by atoms with E-state index in [1.54, 1.807) is 0 Å². The molecule has 3 atom stereocenters. The summed E-state index contributed by atoms with van der Waals surface area (Å²) in [5.74, 6) is 0.892. The number of fused-ring (bicyclic) bond motifs is 3. The molecular formula is C20H19Cl2N. The van der Waals surface area contributed by atoms with Crippen LogP contribution in [-0.2, 0) is 0 Å². The molecule has 1 N–H and O–H groups in total. The third kappa shape index (κ3) is 2.29. The summed E-state index contributed by atoms with van der Waals surface area (Å²) in [6.45, 7) is 4.36. The summed E-state index contributed by atoms with van der Waals surface area (Å²) < 4.78 is 0. The molecule has 23 heavy (non-hydrogen) atoms. The molecule has 1 nitrogen and oxygen atoms in total. The monoisotopic (exact) mass is 343 g/mol. The van der Waals surface area contributed by atoms with Crippen LogP contribution in [0.4, 0.5) is 5.69 Å². The highest BCUT2D eigenvalue weighted by Crippen LogP contribution is 2.53. The first kappa shape index (κ1) is 15.1. The van der Waals surface area contributed by atoms with Crippen LogP contribution in [0.25, 0.3) is 0 Å². The minimum Gasteiger partial charge on any atom is -0.377 e. The second kappa shape index (κ2) is 5.58. The van der Waals surface area contributed by atoms with Crippen molar-refractivity contribution in [1.82, 2.24) is 0 Å². The number of allylic oxidation sites excluding steroid dienone is 2. The third-order valence-corrected chi connectivity index (χ3v) is 5.92. The van der Waals surface area contributed by atoms with Crippen molar-refractivity contribution in [1.29, 1.82) is 0 Å². The van der Waals surface area contributed by atoms with Crippen molar-refractivity contribution in [2.75, 3.05) is 5.32 Å². The summed E-state index contributed by atoms with van der Waals surface area (Å²) in [7, 11) is 0. The lowest BCUT2D eigenvalue weighted by atomic mass is 9.75. The molecule has 0 radical (unpaired) electrons.